The van der Waals surface area contributed by atoms with Crippen LogP contribution >= 0.6 is 11.6 Å². The van der Waals surface area contributed by atoms with Gasteiger partial charge in [-0.15, -0.1) is 0 Å². The van der Waals surface area contributed by atoms with E-state index in [0.29, 0.717) is 29.0 Å². The molecular formula is C19H15ClN2O4. The molecule has 0 aliphatic carbocycles. The number of phenols is 1. The van der Waals surface area contributed by atoms with Crippen molar-refractivity contribution in [3.63, 3.8) is 0 Å². The highest BCUT2D eigenvalue weighted by molar-refractivity contribution is 6.32. The normalized spacial score (nSPS) is 11.2. The first kappa shape index (κ1) is 17.7. The van der Waals surface area contributed by atoms with Crippen molar-refractivity contribution < 1.29 is 14.8 Å². The molecule has 7 heteroatoms. The Morgan fingerprint density at radius 1 is 1.27 bits per heavy atom. The number of phenolic OH excluding ortho intramolecular Hbond substituents is 1. The lowest BCUT2D eigenvalue weighted by atomic mass is 10.1. The molecule has 0 fully saturated rings. The van der Waals surface area contributed by atoms with Crippen LogP contribution in [0.15, 0.2) is 42.5 Å². The fraction of sp³-hybridized carbons (Fsp3) is 0.105. The van der Waals surface area contributed by atoms with Gasteiger partial charge in [-0.3, -0.25) is 10.1 Å². The molecule has 1 N–H and O–H groups in total. The Bertz CT molecular complexity index is 1020. The maximum absolute atomic E-state index is 11.1. The van der Waals surface area contributed by atoms with E-state index in [0.717, 1.165) is 5.56 Å². The Balaban J connectivity index is 1.95. The number of aromatic nitrogens is 1. The molecule has 3 rings (SSSR count). The minimum Gasteiger partial charge on any atom is -0.503 e. The molecule has 0 aliphatic heterocycles. The van der Waals surface area contributed by atoms with Crippen molar-refractivity contribution in [2.24, 2.45) is 0 Å². The number of nitro benzene ring substituents is 1. The van der Waals surface area contributed by atoms with Crippen LogP contribution in [-0.2, 0) is 0 Å². The van der Waals surface area contributed by atoms with Crippen molar-refractivity contribution in [2.45, 2.75) is 6.92 Å². The Labute approximate surface area is 154 Å². The summed E-state index contributed by atoms with van der Waals surface area (Å²) in [5, 5.41) is 21.6. The molecule has 26 heavy (non-hydrogen) atoms. The van der Waals surface area contributed by atoms with Gasteiger partial charge in [-0.05, 0) is 48.9 Å². The first-order valence-electron chi connectivity index (χ1n) is 7.87. The standard InChI is InChI=1S/C19H15ClN2O4/c1-2-26-18-11-12(10-15(20)19(18)23)6-7-13-8-9-14-16(21-13)4-3-5-17(14)22(24)25/h3-11,23H,2H2,1H3/b7-6+. The maximum Gasteiger partial charge on any atom is 0.278 e. The highest BCUT2D eigenvalue weighted by Crippen LogP contribution is 2.35. The largest absolute Gasteiger partial charge is 0.503 e. The van der Waals surface area contributed by atoms with Crippen LogP contribution < -0.4 is 4.74 Å². The summed E-state index contributed by atoms with van der Waals surface area (Å²) in [6.45, 7) is 2.22. The minimum atomic E-state index is -0.423. The summed E-state index contributed by atoms with van der Waals surface area (Å²) >= 11 is 6.02. The van der Waals surface area contributed by atoms with E-state index in [9.17, 15) is 15.2 Å². The van der Waals surface area contributed by atoms with Crippen LogP contribution in [0.4, 0.5) is 5.69 Å². The molecule has 1 aromatic heterocycles. The fourth-order valence-electron chi connectivity index (χ4n) is 2.54. The van der Waals surface area contributed by atoms with Gasteiger partial charge in [-0.2, -0.15) is 0 Å². The number of fused-ring (bicyclic) bond motifs is 1. The number of non-ortho nitro benzene ring substituents is 1. The first-order chi connectivity index (χ1) is 12.5. The Hall–Kier alpha value is -3.12. The molecule has 0 spiro atoms. The summed E-state index contributed by atoms with van der Waals surface area (Å²) in [7, 11) is 0. The smallest absolute Gasteiger partial charge is 0.278 e. The van der Waals surface area contributed by atoms with Gasteiger partial charge in [-0.25, -0.2) is 4.98 Å². The number of pyridine rings is 1. The van der Waals surface area contributed by atoms with E-state index in [2.05, 4.69) is 4.98 Å². The summed E-state index contributed by atoms with van der Waals surface area (Å²) < 4.78 is 5.36. The molecule has 0 amide bonds. The number of hydrogen-bond donors (Lipinski definition) is 1. The van der Waals surface area contributed by atoms with Gasteiger partial charge in [0.25, 0.3) is 5.69 Å². The van der Waals surface area contributed by atoms with Gasteiger partial charge in [0, 0.05) is 6.07 Å². The molecule has 0 saturated heterocycles. The van der Waals surface area contributed by atoms with Crippen LogP contribution in [-0.4, -0.2) is 21.6 Å². The molecule has 0 aliphatic rings. The topological polar surface area (TPSA) is 85.5 Å². The third kappa shape index (κ3) is 3.60. The van der Waals surface area contributed by atoms with Crippen molar-refractivity contribution in [1.82, 2.24) is 4.98 Å². The molecule has 0 unspecified atom stereocenters. The van der Waals surface area contributed by atoms with E-state index in [1.807, 2.05) is 6.92 Å². The van der Waals surface area contributed by atoms with E-state index in [4.69, 9.17) is 16.3 Å². The number of benzene rings is 2. The lowest BCUT2D eigenvalue weighted by Gasteiger charge is -2.08. The number of halogens is 1. The molecule has 3 aromatic rings. The summed E-state index contributed by atoms with van der Waals surface area (Å²) in [6.07, 6.45) is 3.54. The average Bonchev–Trinajstić information content (AvgIpc) is 2.63. The van der Waals surface area contributed by atoms with Gasteiger partial charge in [0.05, 0.1) is 33.1 Å². The van der Waals surface area contributed by atoms with Gasteiger partial charge in [0.15, 0.2) is 11.5 Å². The van der Waals surface area contributed by atoms with Crippen molar-refractivity contribution >= 4 is 40.3 Å². The molecule has 132 valence electrons. The number of nitrogens with zero attached hydrogens (tertiary/aromatic N) is 2. The van der Waals surface area contributed by atoms with Crippen molar-refractivity contribution in [2.75, 3.05) is 6.61 Å². The number of ether oxygens (including phenoxy) is 1. The van der Waals surface area contributed by atoms with Gasteiger partial charge >= 0.3 is 0 Å². The van der Waals surface area contributed by atoms with Gasteiger partial charge < -0.3 is 9.84 Å². The highest BCUT2D eigenvalue weighted by atomic mass is 35.5. The quantitative estimate of drug-likeness (QED) is 0.500. The van der Waals surface area contributed by atoms with Crippen LogP contribution in [0.2, 0.25) is 5.02 Å². The molecule has 0 bridgehead atoms. The summed E-state index contributed by atoms with van der Waals surface area (Å²) in [4.78, 5) is 15.1. The van der Waals surface area contributed by atoms with E-state index >= 15 is 0 Å². The van der Waals surface area contributed by atoms with Gasteiger partial charge in [-0.1, -0.05) is 23.7 Å². The highest BCUT2D eigenvalue weighted by Gasteiger charge is 2.12. The Kier molecular flexibility index (Phi) is 5.04. The Morgan fingerprint density at radius 3 is 2.81 bits per heavy atom. The summed E-state index contributed by atoms with van der Waals surface area (Å²) in [5.74, 6) is 0.212. The zero-order valence-electron chi connectivity index (χ0n) is 13.8. The second-order valence-corrected chi connectivity index (χ2v) is 5.86. The number of nitro groups is 1. The molecule has 2 aromatic carbocycles. The number of aromatic hydroxyl groups is 1. The molecule has 1 heterocycles. The molecule has 0 atom stereocenters. The first-order valence-corrected chi connectivity index (χ1v) is 8.25. The van der Waals surface area contributed by atoms with Crippen LogP contribution in [0.3, 0.4) is 0 Å². The van der Waals surface area contributed by atoms with Gasteiger partial charge in [0.1, 0.15) is 0 Å². The minimum absolute atomic E-state index is 0.0252. The van der Waals surface area contributed by atoms with E-state index in [1.165, 1.54) is 6.07 Å². The zero-order chi connectivity index (χ0) is 18.7. The van der Waals surface area contributed by atoms with E-state index in [-0.39, 0.29) is 16.5 Å². The lowest BCUT2D eigenvalue weighted by molar-refractivity contribution is -0.383. The second kappa shape index (κ2) is 7.41. The average molecular weight is 371 g/mol. The monoisotopic (exact) mass is 370 g/mol. The fourth-order valence-corrected chi connectivity index (χ4v) is 2.76. The number of rotatable bonds is 5. The molecule has 0 saturated carbocycles. The van der Waals surface area contributed by atoms with Crippen molar-refractivity contribution in [3.05, 3.63) is 68.9 Å². The zero-order valence-corrected chi connectivity index (χ0v) is 14.6. The van der Waals surface area contributed by atoms with Crippen molar-refractivity contribution in [1.29, 1.82) is 0 Å². The van der Waals surface area contributed by atoms with E-state index in [1.54, 1.807) is 48.6 Å². The predicted molar refractivity (Wildman–Crippen MR) is 102 cm³/mol. The van der Waals surface area contributed by atoms with Crippen molar-refractivity contribution in [3.8, 4) is 11.5 Å². The van der Waals surface area contributed by atoms with Gasteiger partial charge in [0.2, 0.25) is 0 Å². The predicted octanol–water partition coefficient (Wildman–Crippen LogP) is 5.07. The van der Waals surface area contributed by atoms with Crippen LogP contribution in [0, 0.1) is 10.1 Å². The molecule has 0 radical (unpaired) electrons. The Morgan fingerprint density at radius 2 is 2.08 bits per heavy atom. The van der Waals surface area contributed by atoms with Crippen LogP contribution in [0.5, 0.6) is 11.5 Å². The SMILES string of the molecule is CCOc1cc(/C=C/c2ccc3c([N+](=O)[O-])cccc3n2)cc(Cl)c1O. The lowest BCUT2D eigenvalue weighted by Crippen LogP contribution is -1.93. The maximum atomic E-state index is 11.1. The third-order valence-electron chi connectivity index (χ3n) is 3.72. The summed E-state index contributed by atoms with van der Waals surface area (Å²) in [6, 6.07) is 11.5. The van der Waals surface area contributed by atoms with Crippen LogP contribution in [0.25, 0.3) is 23.1 Å². The molecular weight excluding hydrogens is 356 g/mol. The van der Waals surface area contributed by atoms with E-state index < -0.39 is 4.92 Å². The number of hydrogen-bond acceptors (Lipinski definition) is 5. The molecule has 6 nitrogen and oxygen atoms in total. The summed E-state index contributed by atoms with van der Waals surface area (Å²) in [5.41, 5.74) is 1.94. The van der Waals surface area contributed by atoms with Crippen LogP contribution in [0.1, 0.15) is 18.2 Å². The second-order valence-electron chi connectivity index (χ2n) is 5.45. The third-order valence-corrected chi connectivity index (χ3v) is 4.01.